The van der Waals surface area contributed by atoms with Gasteiger partial charge in [0.2, 0.25) is 0 Å². The van der Waals surface area contributed by atoms with Gasteiger partial charge in [-0.1, -0.05) is 35.5 Å². The molecule has 0 saturated carbocycles. The average molecular weight is 406 g/mol. The van der Waals surface area contributed by atoms with Crippen molar-refractivity contribution in [1.82, 2.24) is 25.2 Å². The first kappa shape index (κ1) is 20.8. The summed E-state index contributed by atoms with van der Waals surface area (Å²) in [5.74, 6) is -0.0515. The van der Waals surface area contributed by atoms with Crippen molar-refractivity contribution in [3.63, 3.8) is 0 Å². The standard InChI is InChI=1S/C20H27N5O2.ClH/c1-14-13-27-18(16-6-4-3-5-7-16)12-24(14)20(26)19-15(2)25(23-22-19)17-8-10-21-11-9-17;/h3-7,14,17-18,21H,8-13H2,1-2H3;1H. The van der Waals surface area contributed by atoms with Gasteiger partial charge in [0.25, 0.3) is 5.91 Å². The summed E-state index contributed by atoms with van der Waals surface area (Å²) in [5.41, 5.74) is 2.42. The minimum atomic E-state index is -0.105. The topological polar surface area (TPSA) is 72.3 Å². The summed E-state index contributed by atoms with van der Waals surface area (Å²) in [6, 6.07) is 10.4. The van der Waals surface area contributed by atoms with Gasteiger partial charge >= 0.3 is 0 Å². The number of piperidine rings is 1. The van der Waals surface area contributed by atoms with Gasteiger partial charge in [0, 0.05) is 0 Å². The van der Waals surface area contributed by atoms with E-state index in [4.69, 9.17) is 4.74 Å². The number of benzene rings is 1. The van der Waals surface area contributed by atoms with Gasteiger partial charge in [-0.15, -0.1) is 17.5 Å². The molecule has 2 fully saturated rings. The van der Waals surface area contributed by atoms with Crippen LogP contribution in [0.4, 0.5) is 0 Å². The molecule has 1 amide bonds. The van der Waals surface area contributed by atoms with Crippen molar-refractivity contribution in [1.29, 1.82) is 0 Å². The lowest BCUT2D eigenvalue weighted by Gasteiger charge is -2.38. The Balaban J connectivity index is 0.00000225. The highest BCUT2D eigenvalue weighted by molar-refractivity contribution is 5.93. The van der Waals surface area contributed by atoms with Crippen molar-refractivity contribution in [2.45, 2.75) is 44.9 Å². The first-order valence-electron chi connectivity index (χ1n) is 9.75. The van der Waals surface area contributed by atoms with Gasteiger partial charge in [-0.3, -0.25) is 4.79 Å². The van der Waals surface area contributed by atoms with Crippen LogP contribution in [0.25, 0.3) is 0 Å². The Morgan fingerprint density at radius 1 is 1.21 bits per heavy atom. The molecule has 28 heavy (non-hydrogen) atoms. The fraction of sp³-hybridized carbons (Fsp3) is 0.550. The Morgan fingerprint density at radius 3 is 2.64 bits per heavy atom. The molecular formula is C20H28ClN5O2. The van der Waals surface area contributed by atoms with E-state index < -0.39 is 0 Å². The highest BCUT2D eigenvalue weighted by Gasteiger charge is 2.34. The van der Waals surface area contributed by atoms with Crippen molar-refractivity contribution in [3.8, 4) is 0 Å². The molecule has 0 bridgehead atoms. The van der Waals surface area contributed by atoms with E-state index in [1.54, 1.807) is 0 Å². The number of halogens is 1. The number of nitrogens with one attached hydrogen (secondary N) is 1. The maximum atomic E-state index is 13.2. The lowest BCUT2D eigenvalue weighted by molar-refractivity contribution is -0.0488. The molecule has 1 N–H and O–H groups in total. The Bertz CT molecular complexity index is 791. The van der Waals surface area contributed by atoms with Crippen molar-refractivity contribution < 1.29 is 9.53 Å². The molecule has 0 radical (unpaired) electrons. The second-order valence-electron chi connectivity index (χ2n) is 7.49. The van der Waals surface area contributed by atoms with Gasteiger partial charge in [0.05, 0.1) is 30.9 Å². The predicted octanol–water partition coefficient (Wildman–Crippen LogP) is 2.54. The Hall–Kier alpha value is -1.96. The van der Waals surface area contributed by atoms with Crippen molar-refractivity contribution in [2.75, 3.05) is 26.2 Å². The average Bonchev–Trinajstić information content (AvgIpc) is 3.10. The summed E-state index contributed by atoms with van der Waals surface area (Å²) in [4.78, 5) is 15.1. The van der Waals surface area contributed by atoms with Gasteiger partial charge in [-0.25, -0.2) is 4.68 Å². The third-order valence-corrected chi connectivity index (χ3v) is 5.65. The second kappa shape index (κ2) is 9.03. The van der Waals surface area contributed by atoms with E-state index in [0.29, 0.717) is 24.9 Å². The normalized spacial score (nSPS) is 23.3. The maximum Gasteiger partial charge on any atom is 0.276 e. The number of nitrogens with zero attached hydrogens (tertiary/aromatic N) is 4. The van der Waals surface area contributed by atoms with Crippen LogP contribution in [0.2, 0.25) is 0 Å². The summed E-state index contributed by atoms with van der Waals surface area (Å²) in [6.07, 6.45) is 1.93. The highest BCUT2D eigenvalue weighted by atomic mass is 35.5. The van der Waals surface area contributed by atoms with E-state index in [-0.39, 0.29) is 30.5 Å². The second-order valence-corrected chi connectivity index (χ2v) is 7.49. The number of ether oxygens (including phenoxy) is 1. The van der Waals surface area contributed by atoms with Crippen molar-refractivity contribution >= 4 is 18.3 Å². The number of morpholine rings is 1. The van der Waals surface area contributed by atoms with E-state index in [9.17, 15) is 4.79 Å². The van der Waals surface area contributed by atoms with Crippen molar-refractivity contribution in [3.05, 3.63) is 47.3 Å². The minimum absolute atomic E-state index is 0. The molecule has 2 aliphatic heterocycles. The van der Waals surface area contributed by atoms with Crippen LogP contribution in [0.3, 0.4) is 0 Å². The van der Waals surface area contributed by atoms with E-state index in [1.165, 1.54) is 0 Å². The SMILES string of the molecule is Cc1c(C(=O)N2CC(c3ccccc3)OCC2C)nnn1C1CCNCC1.Cl. The number of rotatable bonds is 3. The molecule has 4 rings (SSSR count). The number of amides is 1. The van der Waals surface area contributed by atoms with E-state index in [2.05, 4.69) is 15.6 Å². The predicted molar refractivity (Wildman–Crippen MR) is 109 cm³/mol. The van der Waals surface area contributed by atoms with Crippen LogP contribution in [0.5, 0.6) is 0 Å². The smallest absolute Gasteiger partial charge is 0.276 e. The lowest BCUT2D eigenvalue weighted by Crippen LogP contribution is -2.48. The molecule has 2 aliphatic rings. The largest absolute Gasteiger partial charge is 0.370 e. The third kappa shape index (κ3) is 4.06. The summed E-state index contributed by atoms with van der Waals surface area (Å²) < 4.78 is 7.92. The van der Waals surface area contributed by atoms with E-state index in [1.807, 2.05) is 53.8 Å². The van der Waals surface area contributed by atoms with Crippen LogP contribution in [-0.4, -0.2) is 58.1 Å². The molecule has 2 saturated heterocycles. The molecule has 1 aromatic heterocycles. The zero-order valence-electron chi connectivity index (χ0n) is 16.4. The lowest BCUT2D eigenvalue weighted by atomic mass is 10.1. The maximum absolute atomic E-state index is 13.2. The van der Waals surface area contributed by atoms with Gasteiger partial charge < -0.3 is 15.0 Å². The van der Waals surface area contributed by atoms with Gasteiger partial charge in [0.1, 0.15) is 6.10 Å². The molecular weight excluding hydrogens is 378 g/mol. The van der Waals surface area contributed by atoms with E-state index in [0.717, 1.165) is 37.2 Å². The molecule has 2 aromatic rings. The van der Waals surface area contributed by atoms with E-state index >= 15 is 0 Å². The summed E-state index contributed by atoms with van der Waals surface area (Å²) in [5, 5.41) is 11.9. The number of aromatic nitrogens is 3. The summed E-state index contributed by atoms with van der Waals surface area (Å²) >= 11 is 0. The van der Waals surface area contributed by atoms with Gasteiger partial charge in [0.15, 0.2) is 5.69 Å². The van der Waals surface area contributed by atoms with Gasteiger partial charge in [-0.2, -0.15) is 0 Å². The Labute approximate surface area is 171 Å². The monoisotopic (exact) mass is 405 g/mol. The van der Waals surface area contributed by atoms with Crippen LogP contribution < -0.4 is 5.32 Å². The molecule has 8 heteroatoms. The summed E-state index contributed by atoms with van der Waals surface area (Å²) in [6.45, 7) is 6.98. The molecule has 2 unspecified atom stereocenters. The number of hydrogen-bond acceptors (Lipinski definition) is 5. The fourth-order valence-electron chi connectivity index (χ4n) is 3.98. The Morgan fingerprint density at radius 2 is 1.93 bits per heavy atom. The van der Waals surface area contributed by atoms with Crippen molar-refractivity contribution in [2.24, 2.45) is 0 Å². The molecule has 1 aromatic carbocycles. The zero-order valence-corrected chi connectivity index (χ0v) is 17.2. The number of carbonyl (C=O) groups excluding carboxylic acids is 1. The first-order chi connectivity index (χ1) is 13.1. The van der Waals surface area contributed by atoms with Crippen LogP contribution in [-0.2, 0) is 4.74 Å². The molecule has 3 heterocycles. The number of carbonyl (C=O) groups is 1. The van der Waals surface area contributed by atoms with Gasteiger partial charge in [-0.05, 0) is 45.3 Å². The first-order valence-corrected chi connectivity index (χ1v) is 9.75. The quantitative estimate of drug-likeness (QED) is 0.849. The number of hydrogen-bond donors (Lipinski definition) is 1. The van der Waals surface area contributed by atoms with Crippen LogP contribution in [0.15, 0.2) is 30.3 Å². The third-order valence-electron chi connectivity index (χ3n) is 5.65. The minimum Gasteiger partial charge on any atom is -0.370 e. The molecule has 2 atom stereocenters. The van der Waals surface area contributed by atoms with Crippen LogP contribution >= 0.6 is 12.4 Å². The molecule has 0 aliphatic carbocycles. The highest BCUT2D eigenvalue weighted by Crippen LogP contribution is 2.27. The molecule has 0 spiro atoms. The Kier molecular flexibility index (Phi) is 6.69. The van der Waals surface area contributed by atoms with Crippen LogP contribution in [0, 0.1) is 6.92 Å². The summed E-state index contributed by atoms with van der Waals surface area (Å²) in [7, 11) is 0. The van der Waals surface area contributed by atoms with Crippen LogP contribution in [0.1, 0.15) is 53.7 Å². The molecule has 7 nitrogen and oxygen atoms in total. The fourth-order valence-corrected chi connectivity index (χ4v) is 3.98. The molecule has 152 valence electrons. The zero-order chi connectivity index (χ0) is 18.8.